The summed E-state index contributed by atoms with van der Waals surface area (Å²) >= 11 is 0. The number of fused-ring (bicyclic) bond motifs is 3. The second-order valence-electron chi connectivity index (χ2n) is 11.0. The first-order valence-electron chi connectivity index (χ1n) is 12.3. The Morgan fingerprint density at radius 3 is 2.71 bits per heavy atom. The van der Waals surface area contributed by atoms with Crippen molar-refractivity contribution in [3.63, 3.8) is 0 Å². The molecular weight excluding hydrogens is 380 g/mol. The van der Waals surface area contributed by atoms with Crippen LogP contribution in [0.5, 0.6) is 0 Å². The van der Waals surface area contributed by atoms with Crippen LogP contribution in [-0.4, -0.2) is 36.8 Å². The lowest BCUT2D eigenvalue weighted by atomic mass is 9.47. The van der Waals surface area contributed by atoms with E-state index in [4.69, 9.17) is 0 Å². The molecule has 3 heteroatoms. The number of pyridine rings is 1. The van der Waals surface area contributed by atoms with Crippen molar-refractivity contribution in [2.45, 2.75) is 65.7 Å². The fourth-order valence-electron chi connectivity index (χ4n) is 7.33. The third kappa shape index (κ3) is 3.84. The van der Waals surface area contributed by atoms with Gasteiger partial charge in [0.2, 0.25) is 0 Å². The highest BCUT2D eigenvalue weighted by Gasteiger charge is 2.56. The molecule has 0 aromatic carbocycles. The van der Waals surface area contributed by atoms with Crippen LogP contribution in [0, 0.1) is 28.6 Å². The molecule has 31 heavy (non-hydrogen) atoms. The lowest BCUT2D eigenvalue weighted by molar-refractivity contribution is -0.104. The Bertz CT molecular complexity index is 885. The fourth-order valence-corrected chi connectivity index (χ4v) is 7.33. The van der Waals surface area contributed by atoms with Crippen molar-refractivity contribution in [3.8, 4) is 0 Å². The van der Waals surface area contributed by atoms with Crippen molar-refractivity contribution < 1.29 is 4.79 Å². The Kier molecular flexibility index (Phi) is 6.27. The Morgan fingerprint density at radius 2 is 2.00 bits per heavy atom. The highest BCUT2D eigenvalue weighted by molar-refractivity contribution is 5.73. The average molecular weight is 421 g/mol. The molecule has 0 radical (unpaired) electrons. The zero-order valence-corrected chi connectivity index (χ0v) is 20.2. The Labute approximate surface area is 189 Å². The van der Waals surface area contributed by atoms with Crippen molar-refractivity contribution in [3.05, 3.63) is 47.3 Å². The lowest BCUT2D eigenvalue weighted by Gasteiger charge is -2.57. The van der Waals surface area contributed by atoms with E-state index in [0.29, 0.717) is 11.8 Å². The molecule has 168 valence electrons. The highest BCUT2D eigenvalue weighted by Crippen LogP contribution is 2.66. The smallest absolute Gasteiger partial charge is 0.142 e. The van der Waals surface area contributed by atoms with E-state index >= 15 is 0 Å². The molecule has 1 aromatic heterocycles. The van der Waals surface area contributed by atoms with E-state index in [9.17, 15) is 4.79 Å². The molecule has 0 N–H and O–H groups in total. The second kappa shape index (κ2) is 8.65. The van der Waals surface area contributed by atoms with Gasteiger partial charge in [0.25, 0.3) is 0 Å². The number of aldehydes is 1. The van der Waals surface area contributed by atoms with Crippen LogP contribution in [0.3, 0.4) is 0 Å². The molecular formula is C28H40N2O. The first-order chi connectivity index (χ1) is 14.8. The van der Waals surface area contributed by atoms with Crippen LogP contribution >= 0.6 is 0 Å². The van der Waals surface area contributed by atoms with Gasteiger partial charge in [-0.15, -0.1) is 0 Å². The summed E-state index contributed by atoms with van der Waals surface area (Å²) in [4.78, 5) is 18.3. The first-order valence-corrected chi connectivity index (χ1v) is 12.3. The fraction of sp³-hybridized carbons (Fsp3) is 0.643. The van der Waals surface area contributed by atoms with Crippen molar-refractivity contribution >= 4 is 11.9 Å². The molecule has 2 fully saturated rings. The van der Waals surface area contributed by atoms with Gasteiger partial charge in [0, 0.05) is 12.4 Å². The molecule has 1 heterocycles. The largest absolute Gasteiger partial charge is 0.309 e. The molecule has 0 spiro atoms. The van der Waals surface area contributed by atoms with E-state index in [1.54, 1.807) is 5.57 Å². The van der Waals surface area contributed by atoms with Crippen LogP contribution in [0.4, 0.5) is 0 Å². The zero-order chi connectivity index (χ0) is 22.2. The number of hydrogen-bond acceptors (Lipinski definition) is 3. The summed E-state index contributed by atoms with van der Waals surface area (Å²) in [6.45, 7) is 8.28. The number of allylic oxidation sites excluding steroid dienone is 4. The quantitative estimate of drug-likeness (QED) is 0.421. The van der Waals surface area contributed by atoms with Crippen molar-refractivity contribution in [1.82, 2.24) is 9.88 Å². The van der Waals surface area contributed by atoms with E-state index in [1.165, 1.54) is 42.4 Å². The molecule has 0 amide bonds. The molecule has 1 aromatic rings. The topological polar surface area (TPSA) is 33.2 Å². The number of rotatable bonds is 6. The minimum atomic E-state index is 0.141. The van der Waals surface area contributed by atoms with E-state index in [0.717, 1.165) is 38.0 Å². The average Bonchev–Trinajstić information content (AvgIpc) is 3.12. The van der Waals surface area contributed by atoms with Gasteiger partial charge < -0.3 is 4.90 Å². The minimum absolute atomic E-state index is 0.141. The predicted octanol–water partition coefficient (Wildman–Crippen LogP) is 5.96. The zero-order valence-electron chi connectivity index (χ0n) is 20.2. The van der Waals surface area contributed by atoms with E-state index in [1.807, 2.05) is 12.3 Å². The second-order valence-corrected chi connectivity index (χ2v) is 11.0. The van der Waals surface area contributed by atoms with E-state index in [2.05, 4.69) is 63.1 Å². The number of aryl methyl sites for hydroxylation is 1. The van der Waals surface area contributed by atoms with E-state index < -0.39 is 0 Å². The summed E-state index contributed by atoms with van der Waals surface area (Å²) in [5.41, 5.74) is 6.02. The van der Waals surface area contributed by atoms with Gasteiger partial charge in [-0.05, 0) is 123 Å². The maximum Gasteiger partial charge on any atom is 0.142 e. The first kappa shape index (κ1) is 22.5. The van der Waals surface area contributed by atoms with E-state index in [-0.39, 0.29) is 10.8 Å². The standard InChI is InChI=1S/C28H40N2O/c1-6-20-17-21(19-29-18-20)24-9-10-25-23-8-7-22(12-16-31)27(2,14-15-30(4)5)26(23)11-13-28(24,25)3/h9,12,16-19,23,25-26H,6-8,10-11,13-15H2,1-5H3/b22-12-. The van der Waals surface area contributed by atoms with Crippen molar-refractivity contribution in [1.29, 1.82) is 0 Å². The minimum Gasteiger partial charge on any atom is -0.309 e. The van der Waals surface area contributed by atoms with Crippen LogP contribution in [0.1, 0.15) is 70.4 Å². The Hall–Kier alpha value is -1.74. The van der Waals surface area contributed by atoms with Crippen LogP contribution in [0.2, 0.25) is 0 Å². The van der Waals surface area contributed by atoms with Crippen LogP contribution in [-0.2, 0) is 11.2 Å². The van der Waals surface area contributed by atoms with Gasteiger partial charge in [-0.1, -0.05) is 32.4 Å². The molecule has 0 bridgehead atoms. The number of nitrogens with zero attached hydrogens (tertiary/aromatic N) is 2. The number of carbonyl (C=O) groups is 1. The van der Waals surface area contributed by atoms with Crippen LogP contribution < -0.4 is 0 Å². The van der Waals surface area contributed by atoms with Gasteiger partial charge in [0.05, 0.1) is 0 Å². The van der Waals surface area contributed by atoms with Crippen LogP contribution in [0.25, 0.3) is 5.57 Å². The van der Waals surface area contributed by atoms with Gasteiger partial charge >= 0.3 is 0 Å². The van der Waals surface area contributed by atoms with Gasteiger partial charge in [0.1, 0.15) is 6.29 Å². The number of aromatic nitrogens is 1. The molecule has 4 rings (SSSR count). The third-order valence-electron chi connectivity index (χ3n) is 9.18. The van der Waals surface area contributed by atoms with Gasteiger partial charge in [-0.25, -0.2) is 0 Å². The van der Waals surface area contributed by atoms with Crippen molar-refractivity contribution in [2.75, 3.05) is 20.6 Å². The van der Waals surface area contributed by atoms with Gasteiger partial charge in [0.15, 0.2) is 0 Å². The molecule has 3 aliphatic carbocycles. The summed E-state index contributed by atoms with van der Waals surface area (Å²) in [5.74, 6) is 2.13. The predicted molar refractivity (Wildman–Crippen MR) is 129 cm³/mol. The summed E-state index contributed by atoms with van der Waals surface area (Å²) in [5, 5.41) is 0. The molecule has 2 saturated carbocycles. The summed E-state index contributed by atoms with van der Waals surface area (Å²) in [6.07, 6.45) is 17.8. The molecule has 5 unspecified atom stereocenters. The Morgan fingerprint density at radius 1 is 1.19 bits per heavy atom. The Balaban J connectivity index is 1.64. The maximum absolute atomic E-state index is 11.4. The molecule has 3 aliphatic rings. The van der Waals surface area contributed by atoms with Gasteiger partial charge in [-0.2, -0.15) is 0 Å². The highest BCUT2D eigenvalue weighted by atomic mass is 16.1. The molecule has 5 atom stereocenters. The number of carbonyl (C=O) groups excluding carboxylic acids is 1. The maximum atomic E-state index is 11.4. The SMILES string of the molecule is CCc1cncc(C2=CCC3C4CC/C(=C/C=O)C(C)(CCN(C)C)C4CCC23C)c1. The van der Waals surface area contributed by atoms with Crippen LogP contribution in [0.15, 0.2) is 36.2 Å². The molecule has 0 aliphatic heterocycles. The summed E-state index contributed by atoms with van der Waals surface area (Å²) in [7, 11) is 4.33. The third-order valence-corrected chi connectivity index (χ3v) is 9.18. The summed E-state index contributed by atoms with van der Waals surface area (Å²) < 4.78 is 0. The van der Waals surface area contributed by atoms with Gasteiger partial charge in [-0.3, -0.25) is 9.78 Å². The number of hydrogen-bond donors (Lipinski definition) is 0. The monoisotopic (exact) mass is 420 g/mol. The molecule has 0 saturated heterocycles. The lowest BCUT2D eigenvalue weighted by Crippen LogP contribution is -2.49. The van der Waals surface area contributed by atoms with Crippen molar-refractivity contribution in [2.24, 2.45) is 28.6 Å². The molecule has 3 nitrogen and oxygen atoms in total. The normalized spacial score (nSPS) is 36.3. The summed E-state index contributed by atoms with van der Waals surface area (Å²) in [6, 6.07) is 2.37.